The van der Waals surface area contributed by atoms with Gasteiger partial charge in [0.2, 0.25) is 0 Å². The molecule has 0 aliphatic heterocycles. The molecule has 2 heteroatoms. The zero-order valence-electron chi connectivity index (χ0n) is 21.8. The number of nitrogens with one attached hydrogen (secondary N) is 1. The third-order valence-electron chi connectivity index (χ3n) is 7.59. The van der Waals surface area contributed by atoms with Crippen LogP contribution in [0.4, 0.5) is 5.69 Å². The summed E-state index contributed by atoms with van der Waals surface area (Å²) in [6.07, 6.45) is 0. The third-order valence-corrected chi connectivity index (χ3v) is 7.59. The first-order chi connectivity index (χ1) is 19.3. The Balaban J connectivity index is 1.40. The van der Waals surface area contributed by atoms with Crippen molar-refractivity contribution in [2.24, 2.45) is 0 Å². The van der Waals surface area contributed by atoms with Crippen LogP contribution >= 0.6 is 0 Å². The second-order valence-corrected chi connectivity index (χ2v) is 9.88. The number of aromatic nitrogens is 1. The van der Waals surface area contributed by atoms with Gasteiger partial charge in [0.05, 0.1) is 11.0 Å². The summed E-state index contributed by atoms with van der Waals surface area (Å²) in [6.45, 7) is 0. The van der Waals surface area contributed by atoms with Crippen LogP contribution in [0.15, 0.2) is 146 Å². The number of para-hydroxylation sites is 1. The van der Waals surface area contributed by atoms with Gasteiger partial charge in [-0.05, 0) is 70.3 Å². The van der Waals surface area contributed by atoms with Gasteiger partial charge in [-0.3, -0.25) is 0 Å². The summed E-state index contributed by atoms with van der Waals surface area (Å²) in [5.74, 6) is 0. The summed E-state index contributed by atoms with van der Waals surface area (Å²) in [5, 5.41) is 5.88. The van der Waals surface area contributed by atoms with Gasteiger partial charge in [0.25, 0.3) is 0 Å². The zero-order chi connectivity index (χ0) is 26.2. The molecule has 1 N–H and O–H groups in total. The summed E-state index contributed by atoms with van der Waals surface area (Å²) in [7, 11) is 1.98. The highest BCUT2D eigenvalue weighted by atomic mass is 15.0. The van der Waals surface area contributed by atoms with Gasteiger partial charge in [-0.15, -0.1) is 0 Å². The number of rotatable bonds is 5. The van der Waals surface area contributed by atoms with Crippen LogP contribution in [0.5, 0.6) is 0 Å². The standard InChI is InChI=1S/C37H28N2/c1-38-35-21-19-29(24-33(35)27-13-6-3-7-14-27)30-20-22-37-34(25-30)32-17-8-9-18-36(32)39(37)31-16-10-15-28(23-31)26-11-4-2-5-12-26/h2-25,38H,1H3. The minimum atomic E-state index is 1.13. The normalized spacial score (nSPS) is 11.2. The fourth-order valence-electron chi connectivity index (χ4n) is 5.68. The van der Waals surface area contributed by atoms with Crippen LogP contribution in [0.25, 0.3) is 60.9 Å². The summed E-state index contributed by atoms with van der Waals surface area (Å²) >= 11 is 0. The van der Waals surface area contributed by atoms with E-state index in [1.807, 2.05) is 7.05 Å². The molecular formula is C37H28N2. The van der Waals surface area contributed by atoms with E-state index in [1.165, 1.54) is 60.9 Å². The molecule has 0 aliphatic carbocycles. The Morgan fingerprint density at radius 3 is 1.85 bits per heavy atom. The average Bonchev–Trinajstić information content (AvgIpc) is 3.35. The first-order valence-electron chi connectivity index (χ1n) is 13.4. The number of benzene rings is 6. The molecule has 0 saturated carbocycles. The van der Waals surface area contributed by atoms with Gasteiger partial charge in [-0.1, -0.05) is 103 Å². The second-order valence-electron chi connectivity index (χ2n) is 9.88. The molecule has 0 saturated heterocycles. The maximum atomic E-state index is 3.36. The van der Waals surface area contributed by atoms with E-state index in [2.05, 4.69) is 155 Å². The largest absolute Gasteiger partial charge is 0.388 e. The number of hydrogen-bond acceptors (Lipinski definition) is 1. The predicted molar refractivity (Wildman–Crippen MR) is 167 cm³/mol. The van der Waals surface area contributed by atoms with Crippen LogP contribution in [0.2, 0.25) is 0 Å². The molecule has 1 heterocycles. The van der Waals surface area contributed by atoms with Crippen LogP contribution in [0.3, 0.4) is 0 Å². The Morgan fingerprint density at radius 1 is 0.436 bits per heavy atom. The summed E-state index contributed by atoms with van der Waals surface area (Å²) in [6, 6.07) is 52.3. The molecular weight excluding hydrogens is 472 g/mol. The minimum absolute atomic E-state index is 1.13. The van der Waals surface area contributed by atoms with Crippen molar-refractivity contribution in [3.8, 4) is 39.1 Å². The number of nitrogens with zero attached hydrogens (tertiary/aromatic N) is 1. The number of fused-ring (bicyclic) bond motifs is 3. The molecule has 0 bridgehead atoms. The van der Waals surface area contributed by atoms with Crippen molar-refractivity contribution in [2.45, 2.75) is 0 Å². The maximum Gasteiger partial charge on any atom is 0.0541 e. The third kappa shape index (κ3) is 4.07. The molecule has 7 rings (SSSR count). The molecule has 0 aliphatic rings. The highest BCUT2D eigenvalue weighted by Crippen LogP contribution is 2.38. The van der Waals surface area contributed by atoms with Gasteiger partial charge in [-0.2, -0.15) is 0 Å². The minimum Gasteiger partial charge on any atom is -0.388 e. The van der Waals surface area contributed by atoms with E-state index >= 15 is 0 Å². The van der Waals surface area contributed by atoms with Crippen LogP contribution in [0.1, 0.15) is 0 Å². The van der Waals surface area contributed by atoms with Gasteiger partial charge in [0.15, 0.2) is 0 Å². The Morgan fingerprint density at radius 2 is 1.05 bits per heavy atom. The van der Waals surface area contributed by atoms with E-state index in [0.29, 0.717) is 0 Å². The Hall–Kier alpha value is -5.08. The topological polar surface area (TPSA) is 17.0 Å². The monoisotopic (exact) mass is 500 g/mol. The zero-order valence-corrected chi connectivity index (χ0v) is 21.8. The van der Waals surface area contributed by atoms with Crippen molar-refractivity contribution in [3.63, 3.8) is 0 Å². The fourth-order valence-corrected chi connectivity index (χ4v) is 5.68. The SMILES string of the molecule is CNc1ccc(-c2ccc3c(c2)c2ccccc2n3-c2cccc(-c3ccccc3)c2)cc1-c1ccccc1. The van der Waals surface area contributed by atoms with Crippen LogP contribution < -0.4 is 5.32 Å². The fraction of sp³-hybridized carbons (Fsp3) is 0.0270. The Kier molecular flexibility index (Phi) is 5.71. The van der Waals surface area contributed by atoms with Crippen molar-refractivity contribution >= 4 is 27.5 Å². The van der Waals surface area contributed by atoms with E-state index in [-0.39, 0.29) is 0 Å². The lowest BCUT2D eigenvalue weighted by molar-refractivity contribution is 1.18. The molecule has 0 spiro atoms. The number of hydrogen-bond donors (Lipinski definition) is 1. The maximum absolute atomic E-state index is 3.36. The van der Waals surface area contributed by atoms with Crippen LogP contribution in [-0.2, 0) is 0 Å². The molecule has 2 nitrogen and oxygen atoms in total. The molecule has 6 aromatic carbocycles. The molecule has 0 amide bonds. The predicted octanol–water partition coefficient (Wildman–Crippen LogP) is 9.83. The highest BCUT2D eigenvalue weighted by molar-refractivity contribution is 6.10. The first-order valence-corrected chi connectivity index (χ1v) is 13.4. The lowest BCUT2D eigenvalue weighted by Gasteiger charge is -2.13. The molecule has 1 aromatic heterocycles. The molecule has 7 aromatic rings. The van der Waals surface area contributed by atoms with Crippen molar-refractivity contribution < 1.29 is 0 Å². The lowest BCUT2D eigenvalue weighted by Crippen LogP contribution is -1.94. The quantitative estimate of drug-likeness (QED) is 0.249. The van der Waals surface area contributed by atoms with Crippen molar-refractivity contribution in [1.29, 1.82) is 0 Å². The van der Waals surface area contributed by atoms with Crippen molar-refractivity contribution in [2.75, 3.05) is 12.4 Å². The lowest BCUT2D eigenvalue weighted by atomic mass is 9.96. The molecule has 39 heavy (non-hydrogen) atoms. The van der Waals surface area contributed by atoms with Crippen molar-refractivity contribution in [1.82, 2.24) is 4.57 Å². The highest BCUT2D eigenvalue weighted by Gasteiger charge is 2.14. The smallest absolute Gasteiger partial charge is 0.0541 e. The van der Waals surface area contributed by atoms with Gasteiger partial charge < -0.3 is 9.88 Å². The molecule has 186 valence electrons. The van der Waals surface area contributed by atoms with Crippen LogP contribution in [-0.4, -0.2) is 11.6 Å². The van der Waals surface area contributed by atoms with Gasteiger partial charge in [0, 0.05) is 34.8 Å². The molecule has 0 unspecified atom stereocenters. The summed E-state index contributed by atoms with van der Waals surface area (Å²) in [5.41, 5.74) is 12.0. The van der Waals surface area contributed by atoms with E-state index in [0.717, 1.165) is 5.69 Å². The molecule has 0 fully saturated rings. The molecule has 0 radical (unpaired) electrons. The van der Waals surface area contributed by atoms with Crippen LogP contribution in [0, 0.1) is 0 Å². The second kappa shape index (κ2) is 9.66. The Bertz CT molecular complexity index is 1930. The van der Waals surface area contributed by atoms with E-state index in [1.54, 1.807) is 0 Å². The Labute approximate surface area is 228 Å². The average molecular weight is 501 g/mol. The summed E-state index contributed by atoms with van der Waals surface area (Å²) in [4.78, 5) is 0. The van der Waals surface area contributed by atoms with Gasteiger partial charge in [-0.25, -0.2) is 0 Å². The van der Waals surface area contributed by atoms with E-state index < -0.39 is 0 Å². The molecule has 0 atom stereocenters. The van der Waals surface area contributed by atoms with Gasteiger partial charge in [0.1, 0.15) is 0 Å². The van der Waals surface area contributed by atoms with Crippen molar-refractivity contribution in [3.05, 3.63) is 146 Å². The van der Waals surface area contributed by atoms with E-state index in [4.69, 9.17) is 0 Å². The van der Waals surface area contributed by atoms with E-state index in [9.17, 15) is 0 Å². The first kappa shape index (κ1) is 23.1. The summed E-state index contributed by atoms with van der Waals surface area (Å²) < 4.78 is 2.39. The van der Waals surface area contributed by atoms with Gasteiger partial charge >= 0.3 is 0 Å². The number of anilines is 1.